The number of ether oxygens (including phenoxy) is 14. The zero-order valence-corrected chi connectivity index (χ0v) is 51.5. The molecule has 480 valence electrons. The summed E-state index contributed by atoms with van der Waals surface area (Å²) in [4.78, 5) is 31.5. The van der Waals surface area contributed by atoms with Crippen LogP contribution in [0.1, 0.15) is 135 Å². The summed E-state index contributed by atoms with van der Waals surface area (Å²) in [7, 11) is 6.25. The van der Waals surface area contributed by atoms with Crippen molar-refractivity contribution >= 4 is 18.0 Å². The molecule has 10 rings (SSSR count). The second-order valence-corrected chi connectivity index (χ2v) is 26.0. The summed E-state index contributed by atoms with van der Waals surface area (Å²) in [5.41, 5.74) is -6.89. The van der Waals surface area contributed by atoms with Gasteiger partial charge in [0.15, 0.2) is 25.2 Å². The molecule has 4 aliphatic heterocycles. The maximum Gasteiger partial charge on any atom is 0.340 e. The molecule has 4 saturated carbocycles. The van der Waals surface area contributed by atoms with E-state index >= 15 is 0 Å². The predicted octanol–water partition coefficient (Wildman–Crippen LogP) is 5.34. The highest BCUT2D eigenvalue weighted by Crippen LogP contribution is 2.72. The molecule has 4 saturated heterocycles. The van der Waals surface area contributed by atoms with Crippen LogP contribution in [0.3, 0.4) is 0 Å². The quantitative estimate of drug-likeness (QED) is 0.0716. The van der Waals surface area contributed by atoms with Crippen LogP contribution in [0.25, 0.3) is 6.08 Å². The standard InChI is InChI=1S/C64H93NO21/c1-34-52(67)57(76-11)53(68)59(80-34)86-56-37(4)79-51(31-45(56)75-10)85-55-36(3)78-50(30-44(55)74-9)84-54-35(2)77-49(29-43(54)73-8)82-42-22-23-60(6)41(28-42)21-24-63(71)46(60)32-47(83-48(66)20-19-39-16-13-12-14-17-39)61(7)62(70,25-26-64(61,63)72)38(5)81-58(69)40-18-15-27-65-33-40/h12-20,27,33-38,41-47,49-57,59,67-68,70-72H,21-26,28-32H2,1-11H3/t34-,35-,36-,37-,38+,41+,42+,43+,44+,45-,46-,47-,49+,50+,51+,52-,53-,54-,55-,56-,57+,59+,60+,61-,62-,63+,64-/m1/s1. The van der Waals surface area contributed by atoms with Gasteiger partial charge in [-0.3, -0.25) is 4.98 Å². The van der Waals surface area contributed by atoms with Gasteiger partial charge in [0.2, 0.25) is 0 Å². The molecule has 0 bridgehead atoms. The number of esters is 2. The minimum Gasteiger partial charge on any atom is -0.458 e. The molecular formula is C64H93NO21. The average Bonchev–Trinajstić information content (AvgIpc) is 1.37. The van der Waals surface area contributed by atoms with Crippen molar-refractivity contribution in [3.05, 3.63) is 72.1 Å². The van der Waals surface area contributed by atoms with Crippen molar-refractivity contribution in [2.75, 3.05) is 28.4 Å². The van der Waals surface area contributed by atoms with Crippen LogP contribution in [0.2, 0.25) is 0 Å². The highest BCUT2D eigenvalue weighted by molar-refractivity contribution is 5.89. The number of aliphatic hydroxyl groups is 5. The van der Waals surface area contributed by atoms with Gasteiger partial charge in [0.25, 0.3) is 0 Å². The molecule has 22 heteroatoms. The number of benzene rings is 1. The molecular weight excluding hydrogens is 1120 g/mol. The van der Waals surface area contributed by atoms with E-state index < -0.39 is 162 Å². The first kappa shape index (κ1) is 65.3. The SMILES string of the molecule is CO[C@@H]1[C@@H](O)[C@H](O[C@@H]2[C@@H](C)O[C@@H](O[C@H]3[C@@H](OC)C[C@H](O[C@H]4[C@@H](OC)C[C@H](O[C@H]5CC[C@@]6(C)[C@@H](CC[C@]7(O)[C@@H]6C[C@@H](OC(=O)C=Cc6ccccc6)[C@@]6(C)[C@]7(O)CC[C@@]6(O)[C@H](C)OC(=O)c6cccnc6)C5)O[C@@H]4C)O[C@@H]3C)C[C@H]2OC)O[C@H](C)[C@H]1O. The monoisotopic (exact) mass is 1210 g/mol. The number of methoxy groups -OCH3 is 4. The molecule has 1 aromatic heterocycles. The molecule has 22 nitrogen and oxygen atoms in total. The van der Waals surface area contributed by atoms with E-state index in [0.717, 1.165) is 5.56 Å². The number of carbonyl (C=O) groups is 2. The molecule has 5 N–H and O–H groups in total. The lowest BCUT2D eigenvalue weighted by atomic mass is 9.40. The van der Waals surface area contributed by atoms with Crippen LogP contribution in [-0.2, 0) is 71.1 Å². The molecule has 8 fully saturated rings. The first-order valence-electron chi connectivity index (χ1n) is 30.9. The third kappa shape index (κ3) is 12.0. The zero-order chi connectivity index (χ0) is 61.7. The Labute approximate surface area is 504 Å². The first-order chi connectivity index (χ1) is 40.9. The lowest BCUT2D eigenvalue weighted by Crippen LogP contribution is -2.79. The summed E-state index contributed by atoms with van der Waals surface area (Å²) in [6, 6.07) is 12.5. The van der Waals surface area contributed by atoms with Crippen LogP contribution < -0.4 is 0 Å². The number of aromatic nitrogens is 1. The van der Waals surface area contributed by atoms with Crippen LogP contribution >= 0.6 is 0 Å². The average molecular weight is 1210 g/mol. The molecule has 0 spiro atoms. The molecule has 4 aliphatic carbocycles. The first-order valence-corrected chi connectivity index (χ1v) is 30.9. The highest BCUT2D eigenvalue weighted by atomic mass is 16.8. The fourth-order valence-electron chi connectivity index (χ4n) is 16.6. The molecule has 86 heavy (non-hydrogen) atoms. The molecule has 8 aliphatic rings. The Morgan fingerprint density at radius 3 is 1.81 bits per heavy atom. The predicted molar refractivity (Wildman–Crippen MR) is 305 cm³/mol. The number of carbonyl (C=O) groups excluding carboxylic acids is 2. The van der Waals surface area contributed by atoms with Gasteiger partial charge < -0.3 is 91.8 Å². The number of hydrogen-bond acceptors (Lipinski definition) is 22. The van der Waals surface area contributed by atoms with Crippen molar-refractivity contribution in [3.63, 3.8) is 0 Å². The number of rotatable bonds is 18. The summed E-state index contributed by atoms with van der Waals surface area (Å²) in [5.74, 6) is -1.89. The Morgan fingerprint density at radius 2 is 1.24 bits per heavy atom. The Hall–Kier alpha value is -3.63. The Kier molecular flexibility index (Phi) is 20.0. The topological polar surface area (TPSA) is 277 Å². The van der Waals surface area contributed by atoms with Crippen LogP contribution in [0.4, 0.5) is 0 Å². The van der Waals surface area contributed by atoms with Gasteiger partial charge >= 0.3 is 11.9 Å². The lowest BCUT2D eigenvalue weighted by molar-refractivity contribution is -0.356. The third-order valence-corrected chi connectivity index (χ3v) is 21.6. The third-order valence-electron chi connectivity index (χ3n) is 21.6. The van der Waals surface area contributed by atoms with E-state index in [9.17, 15) is 35.1 Å². The van der Waals surface area contributed by atoms with Gasteiger partial charge in [0.1, 0.15) is 60.0 Å². The number of fused-ring (bicyclic) bond motifs is 5. The molecule has 0 amide bonds. The molecule has 1 aromatic carbocycles. The van der Waals surface area contributed by atoms with Gasteiger partial charge in [-0.1, -0.05) is 44.2 Å². The van der Waals surface area contributed by atoms with Crippen molar-refractivity contribution in [2.45, 2.75) is 259 Å². The van der Waals surface area contributed by atoms with Gasteiger partial charge in [-0.15, -0.1) is 0 Å². The van der Waals surface area contributed by atoms with Gasteiger partial charge in [-0.25, -0.2) is 9.59 Å². The number of aliphatic hydroxyl groups excluding tert-OH is 2. The van der Waals surface area contributed by atoms with Gasteiger partial charge in [-0.05, 0) is 127 Å². The van der Waals surface area contributed by atoms with Crippen LogP contribution in [0.15, 0.2) is 60.9 Å². The van der Waals surface area contributed by atoms with Crippen molar-refractivity contribution in [1.29, 1.82) is 0 Å². The van der Waals surface area contributed by atoms with E-state index in [2.05, 4.69) is 11.9 Å². The van der Waals surface area contributed by atoms with E-state index in [4.69, 9.17) is 66.3 Å². The van der Waals surface area contributed by atoms with E-state index in [0.29, 0.717) is 44.9 Å². The number of pyridine rings is 1. The Morgan fingerprint density at radius 1 is 0.651 bits per heavy atom. The summed E-state index contributed by atoms with van der Waals surface area (Å²) in [6.45, 7) is 12.8. The van der Waals surface area contributed by atoms with Crippen molar-refractivity contribution in [2.24, 2.45) is 22.7 Å². The highest BCUT2D eigenvalue weighted by Gasteiger charge is 2.82. The second kappa shape index (κ2) is 26.3. The van der Waals surface area contributed by atoms with Gasteiger partial charge in [-0.2, -0.15) is 0 Å². The minimum atomic E-state index is -1.97. The van der Waals surface area contributed by atoms with E-state index in [1.807, 2.05) is 51.1 Å². The Bertz CT molecular complexity index is 2620. The lowest BCUT2D eigenvalue weighted by Gasteiger charge is -2.69. The van der Waals surface area contributed by atoms with Crippen LogP contribution in [0, 0.1) is 22.7 Å². The summed E-state index contributed by atoms with van der Waals surface area (Å²) < 4.78 is 87.6. The maximum atomic E-state index is 14.0. The maximum absolute atomic E-state index is 14.0. The van der Waals surface area contributed by atoms with Gasteiger partial charge in [0.05, 0.1) is 65.4 Å². The zero-order valence-electron chi connectivity index (χ0n) is 51.5. The summed E-state index contributed by atoms with van der Waals surface area (Å²) >= 11 is 0. The van der Waals surface area contributed by atoms with E-state index in [1.54, 1.807) is 60.3 Å². The van der Waals surface area contributed by atoms with E-state index in [-0.39, 0.29) is 43.3 Å². The molecule has 0 unspecified atom stereocenters. The summed E-state index contributed by atoms with van der Waals surface area (Å²) in [6.07, 6.45) is -4.41. The van der Waals surface area contributed by atoms with Crippen molar-refractivity contribution in [1.82, 2.24) is 4.98 Å². The largest absolute Gasteiger partial charge is 0.458 e. The molecule has 5 heterocycles. The van der Waals surface area contributed by atoms with Crippen molar-refractivity contribution < 1.29 is 101 Å². The second-order valence-electron chi connectivity index (χ2n) is 26.0. The fraction of sp³-hybridized carbons (Fsp3) is 0.766. The summed E-state index contributed by atoms with van der Waals surface area (Å²) in [5, 5.41) is 61.3. The molecule has 2 aromatic rings. The number of nitrogens with zero attached hydrogens (tertiary/aromatic N) is 1. The van der Waals surface area contributed by atoms with Crippen LogP contribution in [-0.4, -0.2) is 211 Å². The van der Waals surface area contributed by atoms with Crippen molar-refractivity contribution in [3.8, 4) is 0 Å². The number of hydrogen-bond donors (Lipinski definition) is 5. The smallest absolute Gasteiger partial charge is 0.340 e. The van der Waals surface area contributed by atoms with E-state index in [1.165, 1.54) is 25.6 Å². The van der Waals surface area contributed by atoms with Crippen LogP contribution in [0.5, 0.6) is 0 Å². The normalized spacial score (nSPS) is 46.4. The van der Waals surface area contributed by atoms with Gasteiger partial charge in [0, 0.05) is 66.2 Å². The molecule has 27 atom stereocenters. The minimum absolute atomic E-state index is 0.0307. The molecule has 0 radical (unpaired) electrons. The fourth-order valence-corrected chi connectivity index (χ4v) is 16.6. The Balaban J connectivity index is 0.767.